The van der Waals surface area contributed by atoms with E-state index in [4.69, 9.17) is 10.00 Å². The van der Waals surface area contributed by atoms with Gasteiger partial charge in [-0.3, -0.25) is 0 Å². The molecular formula is C14H17NO. The van der Waals surface area contributed by atoms with Gasteiger partial charge in [-0.1, -0.05) is 12.1 Å². The molecule has 1 fully saturated rings. The van der Waals surface area contributed by atoms with Crippen molar-refractivity contribution in [3.8, 4) is 11.8 Å². The van der Waals surface area contributed by atoms with Crippen molar-refractivity contribution in [2.75, 3.05) is 0 Å². The van der Waals surface area contributed by atoms with E-state index in [-0.39, 0.29) is 12.0 Å². The zero-order valence-electron chi connectivity index (χ0n) is 9.86. The summed E-state index contributed by atoms with van der Waals surface area (Å²) in [6.45, 7) is 4.10. The van der Waals surface area contributed by atoms with Gasteiger partial charge in [-0.15, -0.1) is 0 Å². The first kappa shape index (κ1) is 11.0. The summed E-state index contributed by atoms with van der Waals surface area (Å²) in [5.41, 5.74) is 2.35. The third-order valence-corrected chi connectivity index (χ3v) is 3.24. The molecule has 0 amide bonds. The summed E-state index contributed by atoms with van der Waals surface area (Å²) in [5, 5.41) is 9.01. The van der Waals surface area contributed by atoms with Crippen LogP contribution in [0.1, 0.15) is 30.4 Å². The monoisotopic (exact) mass is 215 g/mol. The summed E-state index contributed by atoms with van der Waals surface area (Å²) < 4.78 is 5.97. The Morgan fingerprint density at radius 1 is 1.31 bits per heavy atom. The van der Waals surface area contributed by atoms with Crippen LogP contribution in [0.15, 0.2) is 18.2 Å². The third-order valence-electron chi connectivity index (χ3n) is 3.24. The molecule has 1 aliphatic carbocycles. The molecule has 2 heteroatoms. The number of hydrogen-bond acceptors (Lipinski definition) is 2. The van der Waals surface area contributed by atoms with E-state index in [1.165, 1.54) is 5.56 Å². The van der Waals surface area contributed by atoms with Crippen LogP contribution >= 0.6 is 0 Å². The highest BCUT2D eigenvalue weighted by Crippen LogP contribution is 2.30. The zero-order valence-corrected chi connectivity index (χ0v) is 9.86. The summed E-state index contributed by atoms with van der Waals surface area (Å²) >= 11 is 0. The van der Waals surface area contributed by atoms with E-state index in [0.29, 0.717) is 0 Å². The van der Waals surface area contributed by atoms with Gasteiger partial charge >= 0.3 is 0 Å². The second-order valence-corrected chi connectivity index (χ2v) is 4.59. The molecule has 0 saturated heterocycles. The predicted octanol–water partition coefficient (Wildman–Crippen LogP) is 3.37. The van der Waals surface area contributed by atoms with Gasteiger partial charge in [0, 0.05) is 0 Å². The lowest BCUT2D eigenvalue weighted by atomic mass is 10.1. The Morgan fingerprint density at radius 3 is 2.88 bits per heavy atom. The summed E-state index contributed by atoms with van der Waals surface area (Å²) in [4.78, 5) is 0. The largest absolute Gasteiger partial charge is 0.489 e. The number of hydrogen-bond donors (Lipinski definition) is 0. The third kappa shape index (κ3) is 2.19. The average molecular weight is 215 g/mol. The van der Waals surface area contributed by atoms with Crippen molar-refractivity contribution >= 4 is 0 Å². The predicted molar refractivity (Wildman–Crippen MR) is 63.3 cm³/mol. The molecule has 1 aromatic rings. The molecule has 0 heterocycles. The Bertz CT molecular complexity index is 419. The van der Waals surface area contributed by atoms with Crippen LogP contribution in [0.2, 0.25) is 0 Å². The molecule has 84 valence electrons. The molecule has 2 nitrogen and oxygen atoms in total. The van der Waals surface area contributed by atoms with E-state index in [2.05, 4.69) is 31.2 Å². The fourth-order valence-corrected chi connectivity index (χ4v) is 2.21. The standard InChI is InChI=1S/C14H17NO/c1-10-6-7-11(2)14(8-10)16-13-5-3-4-12(13)9-15/h6-8,12-13H,3-5H2,1-2H3. The van der Waals surface area contributed by atoms with Gasteiger partial charge in [0.15, 0.2) is 0 Å². The number of nitriles is 1. The minimum absolute atomic E-state index is 0.0694. The molecule has 2 atom stereocenters. The first-order valence-corrected chi connectivity index (χ1v) is 5.84. The minimum atomic E-state index is 0.0694. The van der Waals surface area contributed by atoms with Gasteiger partial charge in [-0.2, -0.15) is 5.26 Å². The fourth-order valence-electron chi connectivity index (χ4n) is 2.21. The highest BCUT2D eigenvalue weighted by Gasteiger charge is 2.29. The summed E-state index contributed by atoms with van der Waals surface area (Å²) in [6, 6.07) is 8.55. The molecule has 0 bridgehead atoms. The lowest BCUT2D eigenvalue weighted by Crippen LogP contribution is -2.20. The summed E-state index contributed by atoms with van der Waals surface area (Å²) in [7, 11) is 0. The van der Waals surface area contributed by atoms with Crippen LogP contribution in [0.25, 0.3) is 0 Å². The number of ether oxygens (including phenoxy) is 1. The van der Waals surface area contributed by atoms with Crippen LogP contribution in [0.5, 0.6) is 5.75 Å². The molecule has 16 heavy (non-hydrogen) atoms. The maximum absolute atomic E-state index is 9.01. The van der Waals surface area contributed by atoms with E-state index >= 15 is 0 Å². The SMILES string of the molecule is Cc1ccc(C)c(OC2CCCC2C#N)c1. The molecule has 2 rings (SSSR count). The topological polar surface area (TPSA) is 33.0 Å². The van der Waals surface area contributed by atoms with Gasteiger partial charge < -0.3 is 4.74 Å². The summed E-state index contributed by atoms with van der Waals surface area (Å²) in [5.74, 6) is 1.01. The van der Waals surface area contributed by atoms with Crippen LogP contribution < -0.4 is 4.74 Å². The lowest BCUT2D eigenvalue weighted by molar-refractivity contribution is 0.181. The van der Waals surface area contributed by atoms with E-state index in [1.807, 2.05) is 6.92 Å². The average Bonchev–Trinajstić information content (AvgIpc) is 2.71. The molecule has 1 aliphatic rings. The van der Waals surface area contributed by atoms with Gasteiger partial charge in [0.05, 0.1) is 12.0 Å². The molecule has 0 spiro atoms. The van der Waals surface area contributed by atoms with Gasteiger partial charge in [0.1, 0.15) is 11.9 Å². The Kier molecular flexibility index (Phi) is 3.14. The van der Waals surface area contributed by atoms with Crippen molar-refractivity contribution in [3.05, 3.63) is 29.3 Å². The maximum atomic E-state index is 9.01. The van der Waals surface area contributed by atoms with Gasteiger partial charge in [0.2, 0.25) is 0 Å². The molecule has 2 unspecified atom stereocenters. The van der Waals surface area contributed by atoms with E-state index in [9.17, 15) is 0 Å². The quantitative estimate of drug-likeness (QED) is 0.757. The molecule has 1 saturated carbocycles. The van der Waals surface area contributed by atoms with Crippen molar-refractivity contribution in [2.24, 2.45) is 5.92 Å². The fraction of sp³-hybridized carbons (Fsp3) is 0.500. The Morgan fingerprint density at radius 2 is 2.12 bits per heavy atom. The molecule has 0 aromatic heterocycles. The van der Waals surface area contributed by atoms with Crippen LogP contribution in [0.4, 0.5) is 0 Å². The minimum Gasteiger partial charge on any atom is -0.489 e. The van der Waals surface area contributed by atoms with Crippen molar-refractivity contribution < 1.29 is 4.74 Å². The second kappa shape index (κ2) is 4.57. The van der Waals surface area contributed by atoms with Crippen LogP contribution in [0.3, 0.4) is 0 Å². The molecular weight excluding hydrogens is 198 g/mol. The van der Waals surface area contributed by atoms with Crippen molar-refractivity contribution in [3.63, 3.8) is 0 Å². The Balaban J connectivity index is 2.14. The second-order valence-electron chi connectivity index (χ2n) is 4.59. The number of rotatable bonds is 2. The highest BCUT2D eigenvalue weighted by atomic mass is 16.5. The molecule has 0 radical (unpaired) electrons. The van der Waals surface area contributed by atoms with Crippen LogP contribution in [-0.2, 0) is 0 Å². The van der Waals surface area contributed by atoms with E-state index in [0.717, 1.165) is 30.6 Å². The molecule has 0 aliphatic heterocycles. The van der Waals surface area contributed by atoms with E-state index < -0.39 is 0 Å². The highest BCUT2D eigenvalue weighted by molar-refractivity contribution is 5.36. The lowest BCUT2D eigenvalue weighted by Gasteiger charge is -2.18. The Labute approximate surface area is 96.9 Å². The first-order valence-electron chi connectivity index (χ1n) is 5.84. The van der Waals surface area contributed by atoms with Crippen molar-refractivity contribution in [1.82, 2.24) is 0 Å². The summed E-state index contributed by atoms with van der Waals surface area (Å²) in [6.07, 6.45) is 3.18. The zero-order chi connectivity index (χ0) is 11.5. The van der Waals surface area contributed by atoms with Crippen LogP contribution in [0, 0.1) is 31.1 Å². The normalized spacial score (nSPS) is 24.1. The Hall–Kier alpha value is -1.49. The van der Waals surface area contributed by atoms with Gasteiger partial charge in [-0.05, 0) is 50.3 Å². The van der Waals surface area contributed by atoms with Gasteiger partial charge in [-0.25, -0.2) is 0 Å². The van der Waals surface area contributed by atoms with Crippen molar-refractivity contribution in [2.45, 2.75) is 39.2 Å². The smallest absolute Gasteiger partial charge is 0.122 e. The van der Waals surface area contributed by atoms with Gasteiger partial charge in [0.25, 0.3) is 0 Å². The first-order chi connectivity index (χ1) is 7.70. The van der Waals surface area contributed by atoms with Crippen LogP contribution in [-0.4, -0.2) is 6.10 Å². The van der Waals surface area contributed by atoms with E-state index in [1.54, 1.807) is 0 Å². The molecule has 1 aromatic carbocycles. The number of benzene rings is 1. The number of nitrogens with zero attached hydrogens (tertiary/aromatic N) is 1. The van der Waals surface area contributed by atoms with Crippen molar-refractivity contribution in [1.29, 1.82) is 5.26 Å². The molecule has 0 N–H and O–H groups in total. The number of aryl methyl sites for hydroxylation is 2. The maximum Gasteiger partial charge on any atom is 0.122 e.